The minimum absolute atomic E-state index is 0.0891. The average Bonchev–Trinajstić information content (AvgIpc) is 2.41. The lowest BCUT2D eigenvalue weighted by atomic mass is 10.1. The molecular formula is C12H10BrN3O4S. The molecule has 0 bridgehead atoms. The van der Waals surface area contributed by atoms with Crippen molar-refractivity contribution in [2.75, 3.05) is 4.72 Å². The molecule has 0 atom stereocenters. The molecule has 1 heterocycles. The molecule has 0 saturated carbocycles. The first-order chi connectivity index (χ1) is 9.81. The second-order valence-corrected chi connectivity index (χ2v) is 6.57. The molecule has 2 aromatic rings. The Morgan fingerprint density at radius 3 is 2.48 bits per heavy atom. The number of aromatic carboxylic acids is 1. The Morgan fingerprint density at radius 2 is 1.90 bits per heavy atom. The van der Waals surface area contributed by atoms with Crippen LogP contribution in [0.3, 0.4) is 0 Å². The molecule has 0 aliphatic carbocycles. The number of nitrogens with zero attached hydrogens (tertiary/aromatic N) is 2. The predicted molar refractivity (Wildman–Crippen MR) is 78.7 cm³/mol. The van der Waals surface area contributed by atoms with E-state index in [1.54, 1.807) is 13.0 Å². The van der Waals surface area contributed by atoms with Gasteiger partial charge in [0.1, 0.15) is 0 Å². The smallest absolute Gasteiger partial charge is 0.335 e. The molecule has 110 valence electrons. The molecule has 0 aliphatic heterocycles. The minimum atomic E-state index is -3.99. The maximum absolute atomic E-state index is 12.3. The van der Waals surface area contributed by atoms with Crippen molar-refractivity contribution in [3.63, 3.8) is 0 Å². The third kappa shape index (κ3) is 3.37. The zero-order valence-electron chi connectivity index (χ0n) is 10.7. The fraction of sp³-hybridized carbons (Fsp3) is 0.0833. The Hall–Kier alpha value is -2.00. The van der Waals surface area contributed by atoms with Gasteiger partial charge in [0.05, 0.1) is 10.5 Å². The number of hydrogen-bond acceptors (Lipinski definition) is 5. The van der Waals surface area contributed by atoms with Crippen LogP contribution < -0.4 is 4.72 Å². The summed E-state index contributed by atoms with van der Waals surface area (Å²) in [7, 11) is -3.99. The minimum Gasteiger partial charge on any atom is -0.478 e. The quantitative estimate of drug-likeness (QED) is 0.850. The van der Waals surface area contributed by atoms with Crippen LogP contribution >= 0.6 is 15.9 Å². The van der Waals surface area contributed by atoms with E-state index >= 15 is 0 Å². The van der Waals surface area contributed by atoms with E-state index in [1.165, 1.54) is 18.5 Å². The van der Waals surface area contributed by atoms with E-state index in [0.717, 1.165) is 6.07 Å². The molecule has 0 unspecified atom stereocenters. The highest BCUT2D eigenvalue weighted by Crippen LogP contribution is 2.26. The van der Waals surface area contributed by atoms with Crippen LogP contribution in [-0.4, -0.2) is 29.5 Å². The molecular weight excluding hydrogens is 362 g/mol. The third-order valence-corrected chi connectivity index (χ3v) is 4.90. The van der Waals surface area contributed by atoms with Gasteiger partial charge in [-0.1, -0.05) is 15.9 Å². The number of halogens is 1. The number of nitrogens with one attached hydrogen (secondary N) is 1. The van der Waals surface area contributed by atoms with Gasteiger partial charge in [-0.2, -0.15) is 0 Å². The van der Waals surface area contributed by atoms with Crippen molar-refractivity contribution in [1.82, 2.24) is 9.97 Å². The molecule has 0 spiro atoms. The standard InChI is InChI=1S/C12H10BrN3O4S/c1-7-9(13)5-8(11(17)18)6-10(7)21(19,20)16-12-14-3-2-4-15-12/h2-6H,1H3,(H,17,18)(H,14,15,16). The molecule has 0 saturated heterocycles. The fourth-order valence-corrected chi connectivity index (χ4v) is 3.43. The number of carboxylic acids is 1. The Kier molecular flexibility index (Phi) is 4.24. The molecule has 21 heavy (non-hydrogen) atoms. The molecule has 0 fully saturated rings. The third-order valence-electron chi connectivity index (χ3n) is 2.62. The largest absolute Gasteiger partial charge is 0.478 e. The van der Waals surface area contributed by atoms with E-state index < -0.39 is 16.0 Å². The first-order valence-electron chi connectivity index (χ1n) is 5.64. The maximum Gasteiger partial charge on any atom is 0.335 e. The second kappa shape index (κ2) is 5.78. The van der Waals surface area contributed by atoms with E-state index in [-0.39, 0.29) is 16.4 Å². The average molecular weight is 372 g/mol. The van der Waals surface area contributed by atoms with Gasteiger partial charge >= 0.3 is 5.97 Å². The topological polar surface area (TPSA) is 109 Å². The molecule has 0 amide bonds. The van der Waals surface area contributed by atoms with Crippen molar-refractivity contribution < 1.29 is 18.3 Å². The Morgan fingerprint density at radius 1 is 1.29 bits per heavy atom. The highest BCUT2D eigenvalue weighted by atomic mass is 79.9. The van der Waals surface area contributed by atoms with Crippen molar-refractivity contribution in [3.8, 4) is 0 Å². The number of anilines is 1. The number of benzene rings is 1. The number of hydrogen-bond donors (Lipinski definition) is 2. The van der Waals surface area contributed by atoms with Crippen molar-refractivity contribution >= 4 is 37.9 Å². The molecule has 0 aliphatic rings. The maximum atomic E-state index is 12.3. The van der Waals surface area contributed by atoms with E-state index in [2.05, 4.69) is 30.6 Å². The number of carbonyl (C=O) groups is 1. The molecule has 2 N–H and O–H groups in total. The highest BCUT2D eigenvalue weighted by molar-refractivity contribution is 9.10. The van der Waals surface area contributed by atoms with Gasteiger partial charge in [-0.25, -0.2) is 27.9 Å². The normalized spacial score (nSPS) is 11.1. The van der Waals surface area contributed by atoms with Crippen LogP contribution in [0.1, 0.15) is 15.9 Å². The van der Waals surface area contributed by atoms with Crippen molar-refractivity contribution in [3.05, 3.63) is 46.2 Å². The van der Waals surface area contributed by atoms with Gasteiger partial charge in [-0.05, 0) is 30.7 Å². The van der Waals surface area contributed by atoms with Crippen molar-refractivity contribution in [2.24, 2.45) is 0 Å². The van der Waals surface area contributed by atoms with Gasteiger partial charge < -0.3 is 5.11 Å². The Balaban J connectivity index is 2.52. The second-order valence-electron chi connectivity index (χ2n) is 4.06. The summed E-state index contributed by atoms with van der Waals surface area (Å²) in [5, 5.41) is 9.02. The van der Waals surface area contributed by atoms with Gasteiger partial charge in [0.2, 0.25) is 5.95 Å². The van der Waals surface area contributed by atoms with E-state index in [9.17, 15) is 13.2 Å². The zero-order valence-corrected chi connectivity index (χ0v) is 13.1. The SMILES string of the molecule is Cc1c(Br)cc(C(=O)O)cc1S(=O)(=O)Nc1ncccn1. The summed E-state index contributed by atoms with van der Waals surface area (Å²) < 4.78 is 27.3. The van der Waals surface area contributed by atoms with E-state index in [4.69, 9.17) is 5.11 Å². The summed E-state index contributed by atoms with van der Waals surface area (Å²) in [6.45, 7) is 1.57. The van der Waals surface area contributed by atoms with Gasteiger partial charge in [0.15, 0.2) is 0 Å². The van der Waals surface area contributed by atoms with E-state index in [1.807, 2.05) is 0 Å². The van der Waals surface area contributed by atoms with Crippen LogP contribution in [0.2, 0.25) is 0 Å². The van der Waals surface area contributed by atoms with Crippen LogP contribution in [0.25, 0.3) is 0 Å². The first-order valence-corrected chi connectivity index (χ1v) is 7.92. The zero-order chi connectivity index (χ0) is 15.6. The summed E-state index contributed by atoms with van der Waals surface area (Å²) in [5.74, 6) is -1.31. The molecule has 0 radical (unpaired) electrons. The predicted octanol–water partition coefficient (Wildman–Crippen LogP) is 2.05. The number of sulfonamides is 1. The van der Waals surface area contributed by atoms with Crippen LogP contribution in [0.5, 0.6) is 0 Å². The van der Waals surface area contributed by atoms with Crippen LogP contribution in [-0.2, 0) is 10.0 Å². The first kappa shape index (κ1) is 15.4. The van der Waals surface area contributed by atoms with Gasteiger partial charge in [-0.3, -0.25) is 0 Å². The number of rotatable bonds is 4. The highest BCUT2D eigenvalue weighted by Gasteiger charge is 2.22. The van der Waals surface area contributed by atoms with E-state index in [0.29, 0.717) is 10.0 Å². The number of aromatic nitrogens is 2. The molecule has 1 aromatic heterocycles. The van der Waals surface area contributed by atoms with Crippen molar-refractivity contribution in [1.29, 1.82) is 0 Å². The van der Waals surface area contributed by atoms with Crippen LogP contribution in [0.15, 0.2) is 40.0 Å². The van der Waals surface area contributed by atoms with Crippen molar-refractivity contribution in [2.45, 2.75) is 11.8 Å². The van der Waals surface area contributed by atoms with Gasteiger partial charge in [0.25, 0.3) is 10.0 Å². The molecule has 7 nitrogen and oxygen atoms in total. The summed E-state index contributed by atoms with van der Waals surface area (Å²) in [6, 6.07) is 3.98. The summed E-state index contributed by atoms with van der Waals surface area (Å²) in [4.78, 5) is 18.4. The monoisotopic (exact) mass is 371 g/mol. The number of carboxylic acid groups (broad SMARTS) is 1. The lowest BCUT2D eigenvalue weighted by molar-refractivity contribution is 0.0696. The van der Waals surface area contributed by atoms with Gasteiger partial charge in [0, 0.05) is 16.9 Å². The summed E-state index contributed by atoms with van der Waals surface area (Å²) >= 11 is 3.16. The Bertz CT molecular complexity index is 794. The summed E-state index contributed by atoms with van der Waals surface area (Å²) in [5.41, 5.74) is 0.255. The molecule has 9 heteroatoms. The molecule has 2 rings (SSSR count). The van der Waals surface area contributed by atoms with Crippen LogP contribution in [0.4, 0.5) is 5.95 Å². The lowest BCUT2D eigenvalue weighted by Gasteiger charge is -2.11. The van der Waals surface area contributed by atoms with Crippen LogP contribution in [0, 0.1) is 6.92 Å². The Labute approximate surface area is 129 Å². The molecule has 1 aromatic carbocycles. The fourth-order valence-electron chi connectivity index (χ4n) is 1.58. The lowest BCUT2D eigenvalue weighted by Crippen LogP contribution is -2.17. The summed E-state index contributed by atoms with van der Waals surface area (Å²) in [6.07, 6.45) is 2.78. The van der Waals surface area contributed by atoms with Gasteiger partial charge in [-0.15, -0.1) is 0 Å².